The van der Waals surface area contributed by atoms with Gasteiger partial charge < -0.3 is 14.8 Å². The molecule has 0 aromatic heterocycles. The van der Waals surface area contributed by atoms with Gasteiger partial charge in [0, 0.05) is 18.5 Å². The molecule has 0 atom stereocenters. The summed E-state index contributed by atoms with van der Waals surface area (Å²) in [6.07, 6.45) is 1.05. The van der Waals surface area contributed by atoms with Crippen LogP contribution in [0.2, 0.25) is 0 Å². The van der Waals surface area contributed by atoms with Crippen molar-refractivity contribution in [2.24, 2.45) is 0 Å². The quantitative estimate of drug-likeness (QED) is 0.820. The van der Waals surface area contributed by atoms with E-state index in [-0.39, 0.29) is 5.91 Å². The molecule has 0 saturated heterocycles. The summed E-state index contributed by atoms with van der Waals surface area (Å²) < 4.78 is 10.5. The third kappa shape index (κ3) is 3.66. The van der Waals surface area contributed by atoms with Gasteiger partial charge in [0.25, 0.3) is 0 Å². The zero-order valence-corrected chi connectivity index (χ0v) is 10.6. The molecule has 1 amide bonds. The highest BCUT2D eigenvalue weighted by atomic mass is 16.5. The summed E-state index contributed by atoms with van der Waals surface area (Å²) in [4.78, 5) is 11.4. The van der Waals surface area contributed by atoms with Gasteiger partial charge in [-0.2, -0.15) is 0 Å². The molecule has 94 valence electrons. The van der Waals surface area contributed by atoms with Gasteiger partial charge >= 0.3 is 0 Å². The first-order valence-electron chi connectivity index (χ1n) is 5.69. The van der Waals surface area contributed by atoms with Crippen molar-refractivity contribution in [3.63, 3.8) is 0 Å². The first-order valence-corrected chi connectivity index (χ1v) is 5.69. The smallest absolute Gasteiger partial charge is 0.220 e. The van der Waals surface area contributed by atoms with Crippen LogP contribution < -0.4 is 14.8 Å². The molecule has 0 fully saturated rings. The van der Waals surface area contributed by atoms with Gasteiger partial charge in [0.1, 0.15) is 11.5 Å². The van der Waals surface area contributed by atoms with Gasteiger partial charge in [0.05, 0.1) is 14.2 Å². The number of carbonyl (C=O) groups excluding carboxylic acids is 1. The maximum absolute atomic E-state index is 11.4. The Morgan fingerprint density at radius 1 is 1.24 bits per heavy atom. The van der Waals surface area contributed by atoms with Crippen LogP contribution in [0.15, 0.2) is 18.2 Å². The van der Waals surface area contributed by atoms with Crippen molar-refractivity contribution in [3.8, 4) is 11.5 Å². The molecule has 0 unspecified atom stereocenters. The Balaban J connectivity index is 2.77. The molecular weight excluding hydrogens is 218 g/mol. The summed E-state index contributed by atoms with van der Waals surface area (Å²) in [5, 5.41) is 2.77. The van der Waals surface area contributed by atoms with E-state index >= 15 is 0 Å². The summed E-state index contributed by atoms with van der Waals surface area (Å²) in [7, 11) is 3.23. The Hall–Kier alpha value is -1.71. The van der Waals surface area contributed by atoms with Crippen LogP contribution in [0.1, 0.15) is 18.9 Å². The Morgan fingerprint density at radius 2 is 1.82 bits per heavy atom. The Bertz CT molecular complexity index is 355. The minimum absolute atomic E-state index is 0.0421. The Labute approximate surface area is 102 Å². The van der Waals surface area contributed by atoms with Crippen molar-refractivity contribution in [2.75, 3.05) is 20.8 Å². The monoisotopic (exact) mass is 237 g/mol. The lowest BCUT2D eigenvalue weighted by atomic mass is 10.1. The molecule has 4 heteroatoms. The normalized spacial score (nSPS) is 9.82. The van der Waals surface area contributed by atoms with Gasteiger partial charge in [-0.15, -0.1) is 0 Å². The summed E-state index contributed by atoms with van der Waals surface area (Å²) in [6.45, 7) is 2.56. The molecule has 1 aromatic carbocycles. The number of amides is 1. The van der Waals surface area contributed by atoms with E-state index in [2.05, 4.69) is 5.32 Å². The maximum atomic E-state index is 11.4. The molecule has 0 saturated carbocycles. The number of ether oxygens (including phenoxy) is 2. The lowest BCUT2D eigenvalue weighted by molar-refractivity contribution is -0.120. The molecule has 17 heavy (non-hydrogen) atoms. The minimum atomic E-state index is 0.0421. The molecule has 1 rings (SSSR count). The van der Waals surface area contributed by atoms with Crippen LogP contribution in [0.5, 0.6) is 11.5 Å². The molecule has 0 radical (unpaired) electrons. The van der Waals surface area contributed by atoms with Crippen molar-refractivity contribution in [3.05, 3.63) is 23.8 Å². The van der Waals surface area contributed by atoms with Crippen LogP contribution in [-0.4, -0.2) is 26.7 Å². The SMILES string of the molecule is CCNC(=O)CCc1c(OC)cccc1OC. The van der Waals surface area contributed by atoms with Crippen LogP contribution in [0.4, 0.5) is 0 Å². The summed E-state index contributed by atoms with van der Waals surface area (Å²) >= 11 is 0. The molecule has 4 nitrogen and oxygen atoms in total. The van der Waals surface area contributed by atoms with Gasteiger partial charge in [-0.05, 0) is 25.5 Å². The average molecular weight is 237 g/mol. The number of benzene rings is 1. The summed E-state index contributed by atoms with van der Waals surface area (Å²) in [5.74, 6) is 1.56. The molecule has 1 N–H and O–H groups in total. The van der Waals surface area contributed by atoms with E-state index < -0.39 is 0 Å². The van der Waals surface area contributed by atoms with E-state index in [1.165, 1.54) is 0 Å². The van der Waals surface area contributed by atoms with Gasteiger partial charge in [-0.25, -0.2) is 0 Å². The Morgan fingerprint density at radius 3 is 2.29 bits per heavy atom. The third-order valence-corrected chi connectivity index (χ3v) is 2.51. The Kier molecular flexibility index (Phi) is 5.33. The van der Waals surface area contributed by atoms with E-state index in [0.717, 1.165) is 17.1 Å². The fourth-order valence-electron chi connectivity index (χ4n) is 1.70. The molecule has 0 aliphatic heterocycles. The number of nitrogens with one attached hydrogen (secondary N) is 1. The van der Waals surface area contributed by atoms with Crippen molar-refractivity contribution < 1.29 is 14.3 Å². The van der Waals surface area contributed by atoms with E-state index in [9.17, 15) is 4.79 Å². The molecule has 1 aromatic rings. The number of rotatable bonds is 6. The highest BCUT2D eigenvalue weighted by Gasteiger charge is 2.11. The molecule has 0 aliphatic carbocycles. The number of methoxy groups -OCH3 is 2. The van der Waals surface area contributed by atoms with Gasteiger partial charge in [-0.1, -0.05) is 6.07 Å². The minimum Gasteiger partial charge on any atom is -0.496 e. The highest BCUT2D eigenvalue weighted by molar-refractivity contribution is 5.76. The topological polar surface area (TPSA) is 47.6 Å². The van der Waals surface area contributed by atoms with Crippen molar-refractivity contribution in [2.45, 2.75) is 19.8 Å². The fourth-order valence-corrected chi connectivity index (χ4v) is 1.70. The van der Waals surface area contributed by atoms with E-state index in [4.69, 9.17) is 9.47 Å². The van der Waals surface area contributed by atoms with E-state index in [1.54, 1.807) is 14.2 Å². The molecule has 0 bridgehead atoms. The van der Waals surface area contributed by atoms with Crippen LogP contribution in [-0.2, 0) is 11.2 Å². The molecule has 0 aliphatic rings. The van der Waals surface area contributed by atoms with Crippen molar-refractivity contribution in [1.82, 2.24) is 5.32 Å². The molecular formula is C13H19NO3. The van der Waals surface area contributed by atoms with Crippen LogP contribution in [0.3, 0.4) is 0 Å². The zero-order chi connectivity index (χ0) is 12.7. The van der Waals surface area contributed by atoms with E-state index in [1.807, 2.05) is 25.1 Å². The summed E-state index contributed by atoms with van der Waals surface area (Å²) in [6, 6.07) is 5.61. The molecule has 0 heterocycles. The number of hydrogen-bond acceptors (Lipinski definition) is 3. The van der Waals surface area contributed by atoms with Crippen LogP contribution >= 0.6 is 0 Å². The van der Waals surface area contributed by atoms with Gasteiger partial charge in [0.15, 0.2) is 0 Å². The average Bonchev–Trinajstić information content (AvgIpc) is 2.36. The first-order chi connectivity index (χ1) is 8.22. The molecule has 0 spiro atoms. The first kappa shape index (κ1) is 13.4. The summed E-state index contributed by atoms with van der Waals surface area (Å²) in [5.41, 5.74) is 0.934. The van der Waals surface area contributed by atoms with E-state index in [0.29, 0.717) is 19.4 Å². The van der Waals surface area contributed by atoms with Crippen LogP contribution in [0.25, 0.3) is 0 Å². The highest BCUT2D eigenvalue weighted by Crippen LogP contribution is 2.29. The fraction of sp³-hybridized carbons (Fsp3) is 0.462. The second kappa shape index (κ2) is 6.78. The largest absolute Gasteiger partial charge is 0.496 e. The number of hydrogen-bond donors (Lipinski definition) is 1. The maximum Gasteiger partial charge on any atom is 0.220 e. The standard InChI is InChI=1S/C13H19NO3/c1-4-14-13(15)9-8-10-11(16-2)6-5-7-12(10)17-3/h5-7H,4,8-9H2,1-3H3,(H,14,15). The predicted octanol–water partition coefficient (Wildman–Crippen LogP) is 1.77. The van der Waals surface area contributed by atoms with Crippen molar-refractivity contribution in [1.29, 1.82) is 0 Å². The number of carbonyl (C=O) groups is 1. The van der Waals surface area contributed by atoms with Gasteiger partial charge in [0.2, 0.25) is 5.91 Å². The third-order valence-electron chi connectivity index (χ3n) is 2.51. The van der Waals surface area contributed by atoms with Crippen LogP contribution in [0, 0.1) is 0 Å². The second-order valence-corrected chi connectivity index (χ2v) is 3.59. The zero-order valence-electron chi connectivity index (χ0n) is 10.6. The predicted molar refractivity (Wildman–Crippen MR) is 66.6 cm³/mol. The lowest BCUT2D eigenvalue weighted by Crippen LogP contribution is -2.22. The lowest BCUT2D eigenvalue weighted by Gasteiger charge is -2.12. The van der Waals surface area contributed by atoms with Crippen molar-refractivity contribution >= 4 is 5.91 Å². The van der Waals surface area contributed by atoms with Gasteiger partial charge in [-0.3, -0.25) is 4.79 Å². The second-order valence-electron chi connectivity index (χ2n) is 3.59.